The van der Waals surface area contributed by atoms with E-state index in [9.17, 15) is 24.3 Å². The minimum Gasteiger partial charge on any atom is -0.457 e. The van der Waals surface area contributed by atoms with Crippen molar-refractivity contribution in [2.24, 2.45) is 0 Å². The van der Waals surface area contributed by atoms with E-state index in [1.54, 1.807) is 0 Å². The molecule has 0 bridgehead atoms. The van der Waals surface area contributed by atoms with Crippen LogP contribution in [0.2, 0.25) is 0 Å². The van der Waals surface area contributed by atoms with Crippen molar-refractivity contribution in [2.45, 2.75) is 102 Å². The molecule has 1 atom stereocenters. The smallest absolute Gasteiger partial charge is 0.344 e. The van der Waals surface area contributed by atoms with Gasteiger partial charge in [0, 0.05) is 0 Å². The number of esters is 4. The number of aliphatic hydroxyl groups excluding tert-OH is 1. The molecular weight excluding hydrogens is 408 g/mol. The van der Waals surface area contributed by atoms with Crippen LogP contribution in [0, 0.1) is 0 Å². The molecule has 2 aliphatic carbocycles. The number of rotatable bonds is 11. The molecule has 0 aromatic carbocycles. The molecule has 9 heteroatoms. The van der Waals surface area contributed by atoms with Crippen molar-refractivity contribution in [1.29, 1.82) is 0 Å². The number of carbonyl (C=O) groups excluding carboxylic acids is 4. The Morgan fingerprint density at radius 3 is 1.58 bits per heavy atom. The Balaban J connectivity index is 1.66. The van der Waals surface area contributed by atoms with Gasteiger partial charge in [-0.05, 0) is 64.2 Å². The van der Waals surface area contributed by atoms with Gasteiger partial charge in [-0.15, -0.1) is 0 Å². The lowest BCUT2D eigenvalue weighted by atomic mass is 9.99. The zero-order valence-electron chi connectivity index (χ0n) is 18.5. The molecule has 2 rings (SSSR count). The first-order valence-corrected chi connectivity index (χ1v) is 11.2. The molecule has 1 N–H and O–H groups in total. The molecule has 2 fully saturated rings. The van der Waals surface area contributed by atoms with Crippen LogP contribution in [-0.4, -0.2) is 59.5 Å². The summed E-state index contributed by atoms with van der Waals surface area (Å²) in [6, 6.07) is 0. The number of carbonyl (C=O) groups is 4. The Hall–Kier alpha value is -2.16. The average molecular weight is 443 g/mol. The highest BCUT2D eigenvalue weighted by atomic mass is 16.6. The molecule has 0 aromatic heterocycles. The van der Waals surface area contributed by atoms with Gasteiger partial charge in [-0.25, -0.2) is 14.4 Å². The molecule has 0 heterocycles. The standard InChI is InChI=1S/C22H34O9/c1-3-21(9-5-6-10-21)30-18(25)14-28-17(24)13-16(23)20(27)29-15-19(26)31-22(4-2)11-7-8-12-22/h16,23H,3-15H2,1-2H3. The molecule has 0 aromatic rings. The van der Waals surface area contributed by atoms with E-state index in [2.05, 4.69) is 0 Å². The minimum absolute atomic E-state index is 0.490. The molecule has 0 saturated heterocycles. The topological polar surface area (TPSA) is 125 Å². The third-order valence-electron chi connectivity index (χ3n) is 6.29. The second kappa shape index (κ2) is 11.5. The fourth-order valence-electron chi connectivity index (χ4n) is 4.30. The first kappa shape index (κ1) is 25.1. The van der Waals surface area contributed by atoms with E-state index in [4.69, 9.17) is 18.9 Å². The van der Waals surface area contributed by atoms with Crippen molar-refractivity contribution in [3.05, 3.63) is 0 Å². The zero-order valence-corrected chi connectivity index (χ0v) is 18.5. The summed E-state index contributed by atoms with van der Waals surface area (Å²) in [6.07, 6.45) is 5.94. The number of hydrogen-bond donors (Lipinski definition) is 1. The van der Waals surface area contributed by atoms with E-state index in [1.807, 2.05) is 13.8 Å². The summed E-state index contributed by atoms with van der Waals surface area (Å²) >= 11 is 0. The van der Waals surface area contributed by atoms with E-state index in [1.165, 1.54) is 0 Å². The summed E-state index contributed by atoms with van der Waals surface area (Å²) in [5.41, 5.74) is -0.994. The first-order valence-electron chi connectivity index (χ1n) is 11.2. The Kier molecular flexibility index (Phi) is 9.28. The van der Waals surface area contributed by atoms with Crippen LogP contribution in [0.1, 0.15) is 84.5 Å². The van der Waals surface area contributed by atoms with Gasteiger partial charge in [0.15, 0.2) is 19.3 Å². The lowest BCUT2D eigenvalue weighted by molar-refractivity contribution is -0.176. The summed E-state index contributed by atoms with van der Waals surface area (Å²) in [6.45, 7) is 2.65. The van der Waals surface area contributed by atoms with Crippen LogP contribution < -0.4 is 0 Å². The molecule has 2 saturated carbocycles. The number of hydrogen-bond acceptors (Lipinski definition) is 9. The summed E-state index contributed by atoms with van der Waals surface area (Å²) in [4.78, 5) is 47.6. The predicted molar refractivity (Wildman–Crippen MR) is 108 cm³/mol. The lowest BCUT2D eigenvalue weighted by Crippen LogP contribution is -2.35. The summed E-state index contributed by atoms with van der Waals surface area (Å²) in [5.74, 6) is -3.43. The van der Waals surface area contributed by atoms with Gasteiger partial charge in [0.2, 0.25) is 0 Å². The molecule has 0 radical (unpaired) electrons. The summed E-state index contributed by atoms with van der Waals surface area (Å²) in [7, 11) is 0. The largest absolute Gasteiger partial charge is 0.457 e. The van der Waals surface area contributed by atoms with Gasteiger partial charge in [-0.2, -0.15) is 0 Å². The first-order chi connectivity index (χ1) is 14.7. The van der Waals surface area contributed by atoms with Crippen molar-refractivity contribution in [1.82, 2.24) is 0 Å². The minimum atomic E-state index is -1.81. The van der Waals surface area contributed by atoms with Gasteiger partial charge < -0.3 is 24.1 Å². The highest BCUT2D eigenvalue weighted by Crippen LogP contribution is 2.36. The Morgan fingerprint density at radius 2 is 1.16 bits per heavy atom. The molecule has 0 spiro atoms. The van der Waals surface area contributed by atoms with Gasteiger partial charge in [-0.3, -0.25) is 4.79 Å². The van der Waals surface area contributed by atoms with Crippen molar-refractivity contribution < 1.29 is 43.2 Å². The van der Waals surface area contributed by atoms with Crippen LogP contribution >= 0.6 is 0 Å². The summed E-state index contributed by atoms with van der Waals surface area (Å²) in [5, 5.41) is 9.81. The third-order valence-corrected chi connectivity index (χ3v) is 6.29. The molecule has 1 unspecified atom stereocenters. The van der Waals surface area contributed by atoms with E-state index in [0.29, 0.717) is 12.8 Å². The third kappa shape index (κ3) is 7.48. The van der Waals surface area contributed by atoms with Gasteiger partial charge in [-0.1, -0.05) is 13.8 Å². The van der Waals surface area contributed by atoms with Crippen LogP contribution in [0.5, 0.6) is 0 Å². The van der Waals surface area contributed by atoms with E-state index < -0.39 is 60.8 Å². The van der Waals surface area contributed by atoms with Crippen molar-refractivity contribution in [2.75, 3.05) is 13.2 Å². The fourth-order valence-corrected chi connectivity index (χ4v) is 4.30. The second-order valence-electron chi connectivity index (χ2n) is 8.42. The number of aliphatic hydroxyl groups is 1. The molecular formula is C22H34O9. The molecule has 2 aliphatic rings. The van der Waals surface area contributed by atoms with Gasteiger partial charge in [0.05, 0.1) is 6.42 Å². The molecule has 9 nitrogen and oxygen atoms in total. The monoisotopic (exact) mass is 442 g/mol. The van der Waals surface area contributed by atoms with E-state index in [0.717, 1.165) is 51.4 Å². The molecule has 176 valence electrons. The predicted octanol–water partition coefficient (Wildman–Crippen LogP) is 2.36. The van der Waals surface area contributed by atoms with Crippen LogP contribution in [-0.2, 0) is 38.1 Å². The lowest BCUT2D eigenvalue weighted by Gasteiger charge is -2.27. The van der Waals surface area contributed by atoms with Crippen LogP contribution in [0.3, 0.4) is 0 Å². The normalized spacial score (nSPS) is 20.0. The molecule has 31 heavy (non-hydrogen) atoms. The van der Waals surface area contributed by atoms with Gasteiger partial charge in [0.25, 0.3) is 0 Å². The maximum atomic E-state index is 12.0. The second-order valence-corrected chi connectivity index (χ2v) is 8.42. The quantitative estimate of drug-likeness (QED) is 0.379. The highest BCUT2D eigenvalue weighted by molar-refractivity contribution is 5.84. The average Bonchev–Trinajstić information content (AvgIpc) is 3.41. The van der Waals surface area contributed by atoms with Crippen molar-refractivity contribution >= 4 is 23.9 Å². The summed E-state index contributed by atoms with van der Waals surface area (Å²) < 4.78 is 20.5. The Morgan fingerprint density at radius 1 is 0.742 bits per heavy atom. The molecule has 0 aliphatic heterocycles. The Bertz CT molecular complexity index is 645. The van der Waals surface area contributed by atoms with Crippen LogP contribution in [0.4, 0.5) is 0 Å². The maximum Gasteiger partial charge on any atom is 0.344 e. The zero-order chi connectivity index (χ0) is 22.9. The van der Waals surface area contributed by atoms with E-state index >= 15 is 0 Å². The number of ether oxygens (including phenoxy) is 4. The van der Waals surface area contributed by atoms with Gasteiger partial charge in [0.1, 0.15) is 11.2 Å². The van der Waals surface area contributed by atoms with Gasteiger partial charge >= 0.3 is 23.9 Å². The maximum absolute atomic E-state index is 12.0. The van der Waals surface area contributed by atoms with Crippen molar-refractivity contribution in [3.63, 3.8) is 0 Å². The Labute approximate surface area is 182 Å². The van der Waals surface area contributed by atoms with E-state index in [-0.39, 0.29) is 0 Å². The van der Waals surface area contributed by atoms with Crippen LogP contribution in [0.15, 0.2) is 0 Å². The molecule has 0 amide bonds. The fraction of sp³-hybridized carbons (Fsp3) is 0.818. The van der Waals surface area contributed by atoms with Crippen molar-refractivity contribution in [3.8, 4) is 0 Å². The SMILES string of the molecule is CCC1(OC(=O)COC(=O)CC(O)C(=O)OCC(=O)OC2(CC)CCCC2)CCCC1. The highest BCUT2D eigenvalue weighted by Gasteiger charge is 2.37. The van der Waals surface area contributed by atoms with Crippen LogP contribution in [0.25, 0.3) is 0 Å².